The second kappa shape index (κ2) is 11.6. The summed E-state index contributed by atoms with van der Waals surface area (Å²) in [4.78, 5) is 35.7. The first-order chi connectivity index (χ1) is 18.4. The van der Waals surface area contributed by atoms with Crippen LogP contribution >= 0.6 is 11.8 Å². The highest BCUT2D eigenvalue weighted by Gasteiger charge is 2.29. The van der Waals surface area contributed by atoms with Gasteiger partial charge in [0.2, 0.25) is 5.91 Å². The first-order valence-corrected chi connectivity index (χ1v) is 14.2. The molecule has 38 heavy (non-hydrogen) atoms. The maximum absolute atomic E-state index is 13.8. The van der Waals surface area contributed by atoms with Crippen molar-refractivity contribution in [3.05, 3.63) is 75.7 Å². The second-order valence-corrected chi connectivity index (χ2v) is 11.5. The third-order valence-electron chi connectivity index (χ3n) is 7.35. The smallest absolute Gasteiger partial charge is 0.264 e. The highest BCUT2D eigenvalue weighted by atomic mass is 32.2. The number of hydrogen-bond donors (Lipinski definition) is 2. The fraction of sp³-hybridized carbons (Fsp3) is 0.414. The number of nitrogens with two attached hydrogens (primary N) is 1. The molecule has 0 radical (unpaired) electrons. The van der Waals surface area contributed by atoms with E-state index >= 15 is 0 Å². The van der Waals surface area contributed by atoms with Crippen molar-refractivity contribution in [3.63, 3.8) is 0 Å². The van der Waals surface area contributed by atoms with Crippen molar-refractivity contribution in [1.82, 2.24) is 19.8 Å². The van der Waals surface area contributed by atoms with Crippen LogP contribution in [0.25, 0.3) is 5.69 Å². The summed E-state index contributed by atoms with van der Waals surface area (Å²) in [5.41, 5.74) is 11.1. The van der Waals surface area contributed by atoms with Gasteiger partial charge in [0.05, 0.1) is 29.2 Å². The topological polar surface area (TPSA) is 96.5 Å². The Morgan fingerprint density at radius 2 is 1.92 bits per heavy atom. The number of para-hydroxylation sites is 2. The zero-order valence-electron chi connectivity index (χ0n) is 22.2. The minimum absolute atomic E-state index is 0.0456. The Morgan fingerprint density at radius 1 is 1.16 bits per heavy atom. The average molecular weight is 533 g/mol. The lowest BCUT2D eigenvalue weighted by atomic mass is 10.0. The molecule has 0 atom stereocenters. The molecule has 2 aromatic carbocycles. The largest absolute Gasteiger partial charge is 0.397 e. The molecule has 2 heterocycles. The van der Waals surface area contributed by atoms with Crippen molar-refractivity contribution in [2.45, 2.75) is 55.6 Å². The zero-order valence-corrected chi connectivity index (χ0v) is 23.0. The molecule has 3 N–H and O–H groups in total. The van der Waals surface area contributed by atoms with Crippen LogP contribution in [0, 0.1) is 0 Å². The van der Waals surface area contributed by atoms with Crippen molar-refractivity contribution >= 4 is 29.0 Å². The van der Waals surface area contributed by atoms with Gasteiger partial charge in [-0.25, -0.2) is 4.98 Å². The molecule has 1 saturated carbocycles. The molecule has 200 valence electrons. The first-order valence-electron chi connectivity index (χ1n) is 13.3. The van der Waals surface area contributed by atoms with E-state index in [9.17, 15) is 9.59 Å². The lowest BCUT2D eigenvalue weighted by molar-refractivity contribution is -0.132. The maximum atomic E-state index is 13.8. The number of carbonyl (C=O) groups is 1. The van der Waals surface area contributed by atoms with Crippen molar-refractivity contribution < 1.29 is 4.79 Å². The van der Waals surface area contributed by atoms with E-state index in [1.807, 2.05) is 32.3 Å². The lowest BCUT2D eigenvalue weighted by Crippen LogP contribution is -2.42. The Labute approximate surface area is 228 Å². The van der Waals surface area contributed by atoms with Gasteiger partial charge in [0.15, 0.2) is 5.16 Å². The predicted octanol–water partition coefficient (Wildman–Crippen LogP) is 3.59. The molecule has 1 amide bonds. The number of nitrogens with zero attached hydrogens (tertiary/aromatic N) is 4. The minimum atomic E-state index is -0.119. The number of nitrogen functional groups attached to an aromatic ring is 1. The molecule has 1 aliphatic heterocycles. The Kier molecular flexibility index (Phi) is 8.04. The predicted molar refractivity (Wildman–Crippen MR) is 154 cm³/mol. The van der Waals surface area contributed by atoms with E-state index in [-0.39, 0.29) is 18.0 Å². The van der Waals surface area contributed by atoms with Crippen LogP contribution in [0.15, 0.2) is 58.5 Å². The van der Waals surface area contributed by atoms with E-state index in [1.54, 1.807) is 27.3 Å². The van der Waals surface area contributed by atoms with Crippen LogP contribution < -0.4 is 21.5 Å². The second-order valence-electron chi connectivity index (χ2n) is 10.2. The SMILES string of the molecule is CN(C)c1ccc(CNCCC(=O)N2CCc3nc(SC4CCC4)n(-c4ccccc4N)c(=O)c3C2)cc1. The number of benzene rings is 2. The zero-order chi connectivity index (χ0) is 26.6. The fourth-order valence-corrected chi connectivity index (χ4v) is 6.10. The third kappa shape index (κ3) is 5.73. The molecule has 0 spiro atoms. The number of carbonyl (C=O) groups excluding carboxylic acids is 1. The van der Waals surface area contributed by atoms with Crippen LogP contribution in [0.4, 0.5) is 11.4 Å². The van der Waals surface area contributed by atoms with Crippen molar-refractivity contribution in [3.8, 4) is 5.69 Å². The fourth-order valence-electron chi connectivity index (χ4n) is 4.79. The van der Waals surface area contributed by atoms with Gasteiger partial charge in [-0.3, -0.25) is 14.2 Å². The average Bonchev–Trinajstić information content (AvgIpc) is 2.89. The molecule has 0 saturated heterocycles. The summed E-state index contributed by atoms with van der Waals surface area (Å²) in [6.45, 7) is 2.15. The molecule has 2 aliphatic rings. The first kappa shape index (κ1) is 26.3. The molecule has 0 unspecified atom stereocenters. The van der Waals surface area contributed by atoms with Gasteiger partial charge in [-0.2, -0.15) is 0 Å². The summed E-state index contributed by atoms with van der Waals surface area (Å²) in [6.07, 6.45) is 4.47. The summed E-state index contributed by atoms with van der Waals surface area (Å²) in [7, 11) is 4.04. The number of anilines is 2. The van der Waals surface area contributed by atoms with Crippen LogP contribution in [-0.4, -0.2) is 52.8 Å². The van der Waals surface area contributed by atoms with E-state index in [4.69, 9.17) is 10.7 Å². The quantitative estimate of drug-likeness (QED) is 0.247. The molecular formula is C29H36N6O2S. The molecule has 0 bridgehead atoms. The Morgan fingerprint density at radius 3 is 2.61 bits per heavy atom. The molecular weight excluding hydrogens is 496 g/mol. The van der Waals surface area contributed by atoms with E-state index < -0.39 is 0 Å². The van der Waals surface area contributed by atoms with Gasteiger partial charge in [-0.05, 0) is 42.7 Å². The Balaban J connectivity index is 1.26. The number of fused-ring (bicyclic) bond motifs is 1. The van der Waals surface area contributed by atoms with Gasteiger partial charge in [0.1, 0.15) is 0 Å². The molecule has 1 aromatic heterocycles. The summed E-state index contributed by atoms with van der Waals surface area (Å²) < 4.78 is 1.66. The summed E-state index contributed by atoms with van der Waals surface area (Å²) in [6, 6.07) is 15.8. The van der Waals surface area contributed by atoms with Crippen molar-refractivity contribution in [2.24, 2.45) is 0 Å². The number of rotatable bonds is 9. The number of nitrogens with one attached hydrogen (secondary N) is 1. The van der Waals surface area contributed by atoms with Gasteiger partial charge in [-0.15, -0.1) is 0 Å². The van der Waals surface area contributed by atoms with E-state index in [0.29, 0.717) is 59.8 Å². The number of aromatic nitrogens is 2. The highest BCUT2D eigenvalue weighted by molar-refractivity contribution is 7.99. The van der Waals surface area contributed by atoms with Crippen molar-refractivity contribution in [2.75, 3.05) is 37.8 Å². The molecule has 1 aliphatic carbocycles. The number of amides is 1. The molecule has 3 aromatic rings. The number of hydrogen-bond acceptors (Lipinski definition) is 7. The Hall–Kier alpha value is -3.30. The van der Waals surface area contributed by atoms with Gasteiger partial charge in [-0.1, -0.05) is 42.4 Å². The van der Waals surface area contributed by atoms with E-state index in [0.717, 1.165) is 24.2 Å². The van der Waals surface area contributed by atoms with E-state index in [2.05, 4.69) is 34.5 Å². The summed E-state index contributed by atoms with van der Waals surface area (Å²) in [5, 5.41) is 4.56. The van der Waals surface area contributed by atoms with Crippen LogP contribution in [0.2, 0.25) is 0 Å². The minimum Gasteiger partial charge on any atom is -0.397 e. The van der Waals surface area contributed by atoms with Gasteiger partial charge >= 0.3 is 0 Å². The standard InChI is InChI=1S/C29H36N6O2S/c1-33(2)21-12-10-20(11-13-21)18-31-16-14-27(36)34-17-15-25-23(19-34)28(37)35(26-9-4-3-8-24(26)30)29(32-25)38-22-6-5-7-22/h3-4,8-13,22,31H,5-7,14-19,30H2,1-2H3. The van der Waals surface area contributed by atoms with Gasteiger partial charge < -0.3 is 20.9 Å². The molecule has 9 heteroatoms. The summed E-state index contributed by atoms with van der Waals surface area (Å²) in [5.74, 6) is 0.0456. The Bertz CT molecular complexity index is 1350. The van der Waals surface area contributed by atoms with Gasteiger partial charge in [0, 0.05) is 57.5 Å². The molecule has 5 rings (SSSR count). The van der Waals surface area contributed by atoms with E-state index in [1.165, 1.54) is 12.0 Å². The maximum Gasteiger partial charge on any atom is 0.264 e. The van der Waals surface area contributed by atoms with Crippen LogP contribution in [0.1, 0.15) is 42.5 Å². The van der Waals surface area contributed by atoms with Gasteiger partial charge in [0.25, 0.3) is 5.56 Å². The monoisotopic (exact) mass is 532 g/mol. The van der Waals surface area contributed by atoms with Crippen molar-refractivity contribution in [1.29, 1.82) is 0 Å². The van der Waals surface area contributed by atoms with Crippen LogP contribution in [0.3, 0.4) is 0 Å². The molecule has 1 fully saturated rings. The highest BCUT2D eigenvalue weighted by Crippen LogP contribution is 2.37. The van der Waals surface area contributed by atoms with Crippen LogP contribution in [-0.2, 0) is 24.3 Å². The van der Waals surface area contributed by atoms with Crippen LogP contribution in [0.5, 0.6) is 0 Å². The number of thioether (sulfide) groups is 1. The summed E-state index contributed by atoms with van der Waals surface area (Å²) >= 11 is 1.67. The lowest BCUT2D eigenvalue weighted by Gasteiger charge is -2.30. The third-order valence-corrected chi connectivity index (χ3v) is 8.64. The molecule has 8 nitrogen and oxygen atoms in total. The normalized spacial score (nSPS) is 15.2.